The van der Waals surface area contributed by atoms with Gasteiger partial charge in [0.05, 0.1) is 5.69 Å². The number of rotatable bonds is 5. The van der Waals surface area contributed by atoms with E-state index in [1.165, 1.54) is 22.8 Å². The molecule has 0 aliphatic carbocycles. The van der Waals surface area contributed by atoms with E-state index in [-0.39, 0.29) is 0 Å². The van der Waals surface area contributed by atoms with Crippen molar-refractivity contribution >= 4 is 11.8 Å². The molecule has 0 aliphatic rings. The highest BCUT2D eigenvalue weighted by Gasteiger charge is 2.04. The van der Waals surface area contributed by atoms with Crippen molar-refractivity contribution in [2.24, 2.45) is 7.05 Å². The van der Waals surface area contributed by atoms with Crippen LogP contribution in [0.2, 0.25) is 0 Å². The van der Waals surface area contributed by atoms with Crippen molar-refractivity contribution in [2.75, 3.05) is 11.5 Å². The fourth-order valence-corrected chi connectivity index (χ4v) is 2.03. The molecule has 0 unspecified atom stereocenters. The summed E-state index contributed by atoms with van der Waals surface area (Å²) < 4.78 is 1.92. The van der Waals surface area contributed by atoms with Crippen LogP contribution in [0, 0.1) is 0 Å². The lowest BCUT2D eigenvalue weighted by atomic mass is 10.2. The third kappa shape index (κ3) is 3.07. The van der Waals surface area contributed by atoms with Crippen LogP contribution in [0.25, 0.3) is 0 Å². The maximum atomic E-state index is 4.46. The molecule has 1 rings (SSSR count). The largest absolute Gasteiger partial charge is 0.275 e. The first-order valence-electron chi connectivity index (χ1n) is 4.87. The lowest BCUT2D eigenvalue weighted by Gasteiger charge is -1.98. The van der Waals surface area contributed by atoms with Gasteiger partial charge in [-0.25, -0.2) is 0 Å². The second kappa shape index (κ2) is 5.32. The minimum Gasteiger partial charge on any atom is -0.275 e. The molecule has 0 fully saturated rings. The van der Waals surface area contributed by atoms with Crippen LogP contribution < -0.4 is 0 Å². The molecule has 1 aromatic rings. The van der Waals surface area contributed by atoms with E-state index in [2.05, 4.69) is 25.1 Å². The average Bonchev–Trinajstić information content (AvgIpc) is 2.47. The molecular weight excluding hydrogens is 180 g/mol. The van der Waals surface area contributed by atoms with Gasteiger partial charge in [0.2, 0.25) is 0 Å². The molecule has 0 amide bonds. The molecule has 1 heterocycles. The molecule has 0 saturated heterocycles. The quantitative estimate of drug-likeness (QED) is 0.676. The standard InChI is InChI=1S/C10H18N2S/c1-4-9-8-12(3)11-10(9)6-7-13-5-2/h8H,4-7H2,1-3H3. The highest BCUT2D eigenvalue weighted by Crippen LogP contribution is 2.10. The van der Waals surface area contributed by atoms with Gasteiger partial charge in [-0.1, -0.05) is 13.8 Å². The lowest BCUT2D eigenvalue weighted by molar-refractivity contribution is 0.747. The Balaban J connectivity index is 2.53. The van der Waals surface area contributed by atoms with Gasteiger partial charge in [-0.2, -0.15) is 16.9 Å². The topological polar surface area (TPSA) is 17.8 Å². The maximum Gasteiger partial charge on any atom is 0.0664 e. The third-order valence-corrected chi connectivity index (χ3v) is 2.96. The van der Waals surface area contributed by atoms with Crippen molar-refractivity contribution in [2.45, 2.75) is 26.7 Å². The van der Waals surface area contributed by atoms with Gasteiger partial charge in [0.1, 0.15) is 0 Å². The smallest absolute Gasteiger partial charge is 0.0664 e. The molecule has 1 aromatic heterocycles. The van der Waals surface area contributed by atoms with E-state index >= 15 is 0 Å². The second-order valence-electron chi connectivity index (χ2n) is 3.08. The zero-order chi connectivity index (χ0) is 9.68. The minimum atomic E-state index is 1.10. The third-order valence-electron chi connectivity index (χ3n) is 2.06. The maximum absolute atomic E-state index is 4.46. The van der Waals surface area contributed by atoms with Gasteiger partial charge in [0, 0.05) is 19.7 Å². The summed E-state index contributed by atoms with van der Waals surface area (Å²) in [6.45, 7) is 4.39. The van der Waals surface area contributed by atoms with Gasteiger partial charge in [-0.05, 0) is 23.5 Å². The molecule has 0 atom stereocenters. The molecule has 0 spiro atoms. The van der Waals surface area contributed by atoms with Crippen LogP contribution in [0.5, 0.6) is 0 Å². The molecular formula is C10H18N2S. The predicted molar refractivity (Wildman–Crippen MR) is 59.3 cm³/mol. The summed E-state index contributed by atoms with van der Waals surface area (Å²) in [6, 6.07) is 0. The fraction of sp³-hybridized carbons (Fsp3) is 0.700. The van der Waals surface area contributed by atoms with Crippen molar-refractivity contribution in [3.8, 4) is 0 Å². The van der Waals surface area contributed by atoms with E-state index in [9.17, 15) is 0 Å². The van der Waals surface area contributed by atoms with Gasteiger partial charge in [-0.3, -0.25) is 4.68 Å². The monoisotopic (exact) mass is 198 g/mol. The van der Waals surface area contributed by atoms with Gasteiger partial charge >= 0.3 is 0 Å². The van der Waals surface area contributed by atoms with Gasteiger partial charge in [0.25, 0.3) is 0 Å². The molecule has 0 aromatic carbocycles. The normalized spacial score (nSPS) is 10.7. The number of hydrogen-bond donors (Lipinski definition) is 0. The highest BCUT2D eigenvalue weighted by molar-refractivity contribution is 7.99. The number of hydrogen-bond acceptors (Lipinski definition) is 2. The summed E-state index contributed by atoms with van der Waals surface area (Å²) in [5.41, 5.74) is 2.69. The summed E-state index contributed by atoms with van der Waals surface area (Å²) in [6.07, 6.45) is 4.34. The molecule has 74 valence electrons. The summed E-state index contributed by atoms with van der Waals surface area (Å²) in [4.78, 5) is 0. The molecule has 2 nitrogen and oxygen atoms in total. The summed E-state index contributed by atoms with van der Waals surface area (Å²) in [5, 5.41) is 4.46. The van der Waals surface area contributed by atoms with E-state index in [0.717, 1.165) is 12.8 Å². The van der Waals surface area contributed by atoms with Crippen molar-refractivity contribution in [3.05, 3.63) is 17.5 Å². The average molecular weight is 198 g/mol. The molecule has 0 radical (unpaired) electrons. The summed E-state index contributed by atoms with van der Waals surface area (Å²) >= 11 is 1.98. The van der Waals surface area contributed by atoms with Gasteiger partial charge in [0.15, 0.2) is 0 Å². The fourth-order valence-electron chi connectivity index (χ4n) is 1.40. The molecule has 13 heavy (non-hydrogen) atoms. The second-order valence-corrected chi connectivity index (χ2v) is 4.47. The Labute approximate surface area is 84.7 Å². The Kier molecular flexibility index (Phi) is 4.36. The van der Waals surface area contributed by atoms with Crippen LogP contribution in [0.4, 0.5) is 0 Å². The van der Waals surface area contributed by atoms with E-state index < -0.39 is 0 Å². The number of thioether (sulfide) groups is 1. The van der Waals surface area contributed by atoms with Crippen LogP contribution in [0.1, 0.15) is 25.1 Å². The van der Waals surface area contributed by atoms with Crippen LogP contribution in [-0.2, 0) is 19.9 Å². The van der Waals surface area contributed by atoms with E-state index in [1.54, 1.807) is 0 Å². The SMILES string of the molecule is CCSCCc1nn(C)cc1CC. The highest BCUT2D eigenvalue weighted by atomic mass is 32.2. The van der Waals surface area contributed by atoms with Gasteiger partial charge < -0.3 is 0 Å². The first-order chi connectivity index (χ1) is 6.27. The number of nitrogens with zero attached hydrogens (tertiary/aromatic N) is 2. The van der Waals surface area contributed by atoms with Crippen LogP contribution in [0.15, 0.2) is 6.20 Å². The molecule has 0 saturated carbocycles. The van der Waals surface area contributed by atoms with Crippen LogP contribution in [-0.4, -0.2) is 21.3 Å². The van der Waals surface area contributed by atoms with E-state index in [1.807, 2.05) is 23.5 Å². The minimum absolute atomic E-state index is 1.10. The van der Waals surface area contributed by atoms with Crippen molar-refractivity contribution in [1.82, 2.24) is 9.78 Å². The van der Waals surface area contributed by atoms with Crippen molar-refractivity contribution < 1.29 is 0 Å². The number of aryl methyl sites for hydroxylation is 3. The van der Waals surface area contributed by atoms with E-state index in [4.69, 9.17) is 0 Å². The summed E-state index contributed by atoms with van der Waals surface area (Å²) in [7, 11) is 2.00. The first-order valence-corrected chi connectivity index (χ1v) is 6.02. The Morgan fingerprint density at radius 2 is 2.23 bits per heavy atom. The van der Waals surface area contributed by atoms with Crippen LogP contribution in [0.3, 0.4) is 0 Å². The summed E-state index contributed by atoms with van der Waals surface area (Å²) in [5.74, 6) is 2.40. The molecule has 0 aliphatic heterocycles. The molecule has 3 heteroatoms. The molecule has 0 bridgehead atoms. The van der Waals surface area contributed by atoms with Crippen molar-refractivity contribution in [3.63, 3.8) is 0 Å². The Hall–Kier alpha value is -0.440. The molecule has 0 N–H and O–H groups in total. The zero-order valence-corrected chi connectivity index (χ0v) is 9.52. The number of aromatic nitrogens is 2. The predicted octanol–water partition coefficient (Wildman–Crippen LogP) is 2.28. The van der Waals surface area contributed by atoms with Gasteiger partial charge in [-0.15, -0.1) is 0 Å². The first kappa shape index (κ1) is 10.6. The lowest BCUT2D eigenvalue weighted by Crippen LogP contribution is -1.95. The van der Waals surface area contributed by atoms with Crippen molar-refractivity contribution in [1.29, 1.82) is 0 Å². The van der Waals surface area contributed by atoms with E-state index in [0.29, 0.717) is 0 Å². The van der Waals surface area contributed by atoms with Crippen LogP contribution >= 0.6 is 11.8 Å². The zero-order valence-electron chi connectivity index (χ0n) is 8.71. The Morgan fingerprint density at radius 1 is 1.46 bits per heavy atom. The Bertz CT molecular complexity index is 255. The Morgan fingerprint density at radius 3 is 2.85 bits per heavy atom.